The molecule has 1 amide bonds. The molecule has 4 N–H and O–H groups in total. The lowest BCUT2D eigenvalue weighted by molar-refractivity contribution is -0.139. The minimum atomic E-state index is -1.21. The zero-order valence-corrected chi connectivity index (χ0v) is 10.9. The average Bonchev–Trinajstić information content (AvgIpc) is 2.60. The molecule has 1 rings (SSSR count). The highest BCUT2D eigenvalue weighted by molar-refractivity contribution is 5.80. The number of amides is 1. The molecule has 0 saturated carbocycles. The van der Waals surface area contributed by atoms with Crippen molar-refractivity contribution in [3.8, 4) is 0 Å². The molecule has 0 spiro atoms. The van der Waals surface area contributed by atoms with E-state index in [9.17, 15) is 14.4 Å². The minimum absolute atomic E-state index is 0.0483. The van der Waals surface area contributed by atoms with Crippen LogP contribution in [0.4, 0.5) is 4.79 Å². The van der Waals surface area contributed by atoms with Gasteiger partial charge in [-0.2, -0.15) is 0 Å². The van der Waals surface area contributed by atoms with Crippen LogP contribution in [0.3, 0.4) is 0 Å². The van der Waals surface area contributed by atoms with E-state index < -0.39 is 29.4 Å². The quantitative estimate of drug-likeness (QED) is 0.623. The zero-order chi connectivity index (χ0) is 14.6. The highest BCUT2D eigenvalue weighted by atomic mass is 16.6. The predicted octanol–water partition coefficient (Wildman–Crippen LogP) is 0.223. The molecule has 0 aromatic carbocycles. The van der Waals surface area contributed by atoms with Crippen molar-refractivity contribution in [2.75, 3.05) is 0 Å². The van der Waals surface area contributed by atoms with Crippen LogP contribution in [0, 0.1) is 0 Å². The Bertz CT molecular complexity index is 511. The highest BCUT2D eigenvalue weighted by Crippen LogP contribution is 2.07. The summed E-state index contributed by atoms with van der Waals surface area (Å²) in [5, 5.41) is 11.3. The Labute approximate surface area is 109 Å². The number of hydrogen-bond acceptors (Lipinski definition) is 4. The summed E-state index contributed by atoms with van der Waals surface area (Å²) in [6, 6.07) is -1.18. The molecule has 0 bridgehead atoms. The van der Waals surface area contributed by atoms with Crippen LogP contribution < -0.4 is 11.0 Å². The number of rotatable bonds is 4. The minimum Gasteiger partial charge on any atom is -0.480 e. The Balaban J connectivity index is 2.66. The van der Waals surface area contributed by atoms with Crippen LogP contribution in [0.1, 0.15) is 26.5 Å². The third-order valence-electron chi connectivity index (χ3n) is 2.06. The van der Waals surface area contributed by atoms with E-state index in [2.05, 4.69) is 15.3 Å². The van der Waals surface area contributed by atoms with Crippen molar-refractivity contribution in [3.63, 3.8) is 0 Å². The lowest BCUT2D eigenvalue weighted by atomic mass is 10.1. The number of carbonyl (C=O) groups is 2. The Morgan fingerprint density at radius 1 is 1.47 bits per heavy atom. The standard InChI is InChI=1S/C11H17N3O5/c1-11(2,3)19-10(18)14-7(8(15)16)4-6-5-12-9(17)13-6/h5,7H,4H2,1-3H3,(H,14,18)(H,15,16)(H2,12,13,17)/t7-/m1/s1. The topological polar surface area (TPSA) is 124 Å². The van der Waals surface area contributed by atoms with Crippen molar-refractivity contribution in [2.24, 2.45) is 0 Å². The summed E-state index contributed by atoms with van der Waals surface area (Å²) in [6.07, 6.45) is 0.486. The van der Waals surface area contributed by atoms with Gasteiger partial charge in [0.15, 0.2) is 0 Å². The van der Waals surface area contributed by atoms with Crippen LogP contribution >= 0.6 is 0 Å². The molecule has 0 aliphatic carbocycles. The van der Waals surface area contributed by atoms with Gasteiger partial charge in [0.2, 0.25) is 0 Å². The number of nitrogens with one attached hydrogen (secondary N) is 3. The van der Waals surface area contributed by atoms with E-state index in [0.717, 1.165) is 0 Å². The Kier molecular flexibility index (Phi) is 4.36. The zero-order valence-electron chi connectivity index (χ0n) is 10.9. The normalized spacial score (nSPS) is 12.8. The first-order valence-electron chi connectivity index (χ1n) is 5.66. The number of hydrogen-bond donors (Lipinski definition) is 4. The van der Waals surface area contributed by atoms with Crippen molar-refractivity contribution in [1.29, 1.82) is 0 Å². The molecule has 19 heavy (non-hydrogen) atoms. The molecule has 0 aliphatic rings. The number of carboxylic acid groups (broad SMARTS) is 1. The van der Waals surface area contributed by atoms with E-state index in [1.165, 1.54) is 6.20 Å². The smallest absolute Gasteiger partial charge is 0.408 e. The first-order valence-corrected chi connectivity index (χ1v) is 5.66. The van der Waals surface area contributed by atoms with Gasteiger partial charge in [-0.3, -0.25) is 0 Å². The van der Waals surface area contributed by atoms with Crippen LogP contribution in [-0.4, -0.2) is 38.8 Å². The summed E-state index contributed by atoms with van der Waals surface area (Å²) < 4.78 is 4.97. The van der Waals surface area contributed by atoms with Gasteiger partial charge in [0.25, 0.3) is 0 Å². The first-order chi connectivity index (χ1) is 8.67. The number of ether oxygens (including phenoxy) is 1. The van der Waals surface area contributed by atoms with Gasteiger partial charge in [-0.1, -0.05) is 0 Å². The van der Waals surface area contributed by atoms with Gasteiger partial charge in [0.05, 0.1) is 0 Å². The Morgan fingerprint density at radius 3 is 2.53 bits per heavy atom. The second kappa shape index (κ2) is 5.59. The molecule has 8 heteroatoms. The van der Waals surface area contributed by atoms with Gasteiger partial charge >= 0.3 is 17.8 Å². The van der Waals surface area contributed by atoms with Gasteiger partial charge in [-0.05, 0) is 20.8 Å². The molecule has 0 saturated heterocycles. The van der Waals surface area contributed by atoms with E-state index >= 15 is 0 Å². The van der Waals surface area contributed by atoms with Gasteiger partial charge in [-0.15, -0.1) is 0 Å². The first kappa shape index (κ1) is 14.8. The molecular weight excluding hydrogens is 254 g/mol. The van der Waals surface area contributed by atoms with Crippen LogP contribution in [0.15, 0.2) is 11.0 Å². The molecule has 1 aromatic heterocycles. The summed E-state index contributed by atoms with van der Waals surface area (Å²) in [4.78, 5) is 38.2. The van der Waals surface area contributed by atoms with Crippen molar-refractivity contribution in [3.05, 3.63) is 22.4 Å². The van der Waals surface area contributed by atoms with Crippen molar-refractivity contribution in [1.82, 2.24) is 15.3 Å². The monoisotopic (exact) mass is 271 g/mol. The Hall–Kier alpha value is -2.25. The van der Waals surface area contributed by atoms with E-state index in [-0.39, 0.29) is 6.42 Å². The van der Waals surface area contributed by atoms with Crippen molar-refractivity contribution >= 4 is 12.1 Å². The summed E-state index contributed by atoms with van der Waals surface area (Å²) in [5.74, 6) is -1.21. The second-order valence-electron chi connectivity index (χ2n) is 5.01. The summed E-state index contributed by atoms with van der Waals surface area (Å²) in [7, 11) is 0. The maximum atomic E-state index is 11.5. The van der Waals surface area contributed by atoms with Crippen LogP contribution in [0.2, 0.25) is 0 Å². The lowest BCUT2D eigenvalue weighted by Gasteiger charge is -2.21. The summed E-state index contributed by atoms with van der Waals surface area (Å²) in [5.41, 5.74) is -0.764. The number of aromatic amines is 2. The lowest BCUT2D eigenvalue weighted by Crippen LogP contribution is -2.44. The predicted molar refractivity (Wildman–Crippen MR) is 65.9 cm³/mol. The van der Waals surface area contributed by atoms with Gasteiger partial charge in [0, 0.05) is 18.3 Å². The SMILES string of the molecule is CC(C)(C)OC(=O)N[C@H](Cc1c[nH]c(=O)[nH]1)C(=O)O. The third kappa shape index (κ3) is 5.28. The third-order valence-corrected chi connectivity index (χ3v) is 2.06. The molecule has 8 nitrogen and oxygen atoms in total. The molecule has 0 aliphatic heterocycles. The highest BCUT2D eigenvalue weighted by Gasteiger charge is 2.24. The fraction of sp³-hybridized carbons (Fsp3) is 0.545. The number of carbonyl (C=O) groups excluding carboxylic acids is 1. The number of H-pyrrole nitrogens is 2. The molecule has 0 radical (unpaired) electrons. The molecular formula is C11H17N3O5. The summed E-state index contributed by atoms with van der Waals surface area (Å²) >= 11 is 0. The summed E-state index contributed by atoms with van der Waals surface area (Å²) in [6.45, 7) is 5.02. The number of imidazole rings is 1. The van der Waals surface area contributed by atoms with Crippen LogP contribution in [0.25, 0.3) is 0 Å². The molecule has 1 aromatic rings. The largest absolute Gasteiger partial charge is 0.480 e. The van der Waals surface area contributed by atoms with E-state index in [1.807, 2.05) is 0 Å². The van der Waals surface area contributed by atoms with Gasteiger partial charge < -0.3 is 25.1 Å². The van der Waals surface area contributed by atoms with Crippen LogP contribution in [-0.2, 0) is 16.0 Å². The Morgan fingerprint density at radius 2 is 2.11 bits per heavy atom. The molecule has 0 unspecified atom stereocenters. The number of aliphatic carboxylic acids is 1. The molecule has 0 fully saturated rings. The molecule has 1 heterocycles. The number of carboxylic acids is 1. The fourth-order valence-corrected chi connectivity index (χ4v) is 1.35. The molecule has 1 atom stereocenters. The van der Waals surface area contributed by atoms with E-state index in [1.54, 1.807) is 20.8 Å². The van der Waals surface area contributed by atoms with E-state index in [4.69, 9.17) is 9.84 Å². The van der Waals surface area contributed by atoms with E-state index in [0.29, 0.717) is 5.69 Å². The maximum absolute atomic E-state index is 11.5. The van der Waals surface area contributed by atoms with Crippen LogP contribution in [0.5, 0.6) is 0 Å². The van der Waals surface area contributed by atoms with Crippen molar-refractivity contribution in [2.45, 2.75) is 38.8 Å². The van der Waals surface area contributed by atoms with Crippen molar-refractivity contribution < 1.29 is 19.4 Å². The average molecular weight is 271 g/mol. The second-order valence-corrected chi connectivity index (χ2v) is 5.01. The van der Waals surface area contributed by atoms with Gasteiger partial charge in [0.1, 0.15) is 11.6 Å². The number of aromatic nitrogens is 2. The fourth-order valence-electron chi connectivity index (χ4n) is 1.35. The number of alkyl carbamates (subject to hydrolysis) is 1. The maximum Gasteiger partial charge on any atom is 0.408 e. The molecule has 106 valence electrons. The van der Waals surface area contributed by atoms with Gasteiger partial charge in [-0.25, -0.2) is 14.4 Å².